The number of hydrogen-bond acceptors (Lipinski definition) is 4. The van der Waals surface area contributed by atoms with E-state index in [2.05, 4.69) is 17.1 Å². The number of rotatable bonds is 7. The van der Waals surface area contributed by atoms with E-state index in [1.54, 1.807) is 6.26 Å². The minimum Gasteiger partial charge on any atom is -0.468 e. The van der Waals surface area contributed by atoms with E-state index in [0.29, 0.717) is 0 Å². The number of furan rings is 1. The predicted molar refractivity (Wildman–Crippen MR) is 76.1 cm³/mol. The van der Waals surface area contributed by atoms with Crippen LogP contribution >= 0.6 is 0 Å². The summed E-state index contributed by atoms with van der Waals surface area (Å²) >= 11 is 0. The Kier molecular flexibility index (Phi) is 5.43. The van der Waals surface area contributed by atoms with Crippen molar-refractivity contribution in [2.24, 2.45) is 5.41 Å². The van der Waals surface area contributed by atoms with Crippen LogP contribution in [0.2, 0.25) is 0 Å². The molecule has 19 heavy (non-hydrogen) atoms. The van der Waals surface area contributed by atoms with Crippen LogP contribution in [0, 0.1) is 5.41 Å². The minimum atomic E-state index is 0.246. The maximum absolute atomic E-state index is 5.73. The third kappa shape index (κ3) is 4.06. The molecule has 1 fully saturated rings. The fourth-order valence-electron chi connectivity index (χ4n) is 2.98. The summed E-state index contributed by atoms with van der Waals surface area (Å²) in [5.74, 6) is 1.04. The zero-order valence-corrected chi connectivity index (χ0v) is 12.2. The monoisotopic (exact) mass is 266 g/mol. The van der Waals surface area contributed by atoms with Crippen molar-refractivity contribution in [1.29, 1.82) is 0 Å². The van der Waals surface area contributed by atoms with Crippen molar-refractivity contribution in [2.45, 2.75) is 26.3 Å². The van der Waals surface area contributed by atoms with Gasteiger partial charge < -0.3 is 14.5 Å². The van der Waals surface area contributed by atoms with Crippen LogP contribution in [0.15, 0.2) is 22.8 Å². The summed E-state index contributed by atoms with van der Waals surface area (Å²) < 4.78 is 11.2. The highest BCUT2D eigenvalue weighted by atomic mass is 16.5. The summed E-state index contributed by atoms with van der Waals surface area (Å²) in [6.07, 6.45) is 4.15. The topological polar surface area (TPSA) is 37.6 Å². The Bertz CT molecular complexity index is 340. The quantitative estimate of drug-likeness (QED) is 0.820. The first-order chi connectivity index (χ1) is 9.28. The van der Waals surface area contributed by atoms with E-state index in [1.165, 1.54) is 12.8 Å². The van der Waals surface area contributed by atoms with E-state index in [4.69, 9.17) is 9.15 Å². The molecule has 0 amide bonds. The predicted octanol–water partition coefficient (Wildman–Crippen LogP) is 2.12. The van der Waals surface area contributed by atoms with Gasteiger partial charge in [-0.1, -0.05) is 6.92 Å². The lowest BCUT2D eigenvalue weighted by Gasteiger charge is -2.40. The van der Waals surface area contributed by atoms with E-state index in [-0.39, 0.29) is 5.41 Å². The van der Waals surface area contributed by atoms with E-state index in [1.807, 2.05) is 19.2 Å². The number of ether oxygens (including phenoxy) is 1. The maximum atomic E-state index is 5.73. The van der Waals surface area contributed by atoms with Crippen molar-refractivity contribution in [3.8, 4) is 0 Å². The highest BCUT2D eigenvalue weighted by molar-refractivity contribution is 4.98. The van der Waals surface area contributed by atoms with Gasteiger partial charge in [0.1, 0.15) is 5.76 Å². The molecule has 1 aromatic heterocycles. The molecule has 1 aliphatic heterocycles. The van der Waals surface area contributed by atoms with Gasteiger partial charge in [0.25, 0.3) is 0 Å². The van der Waals surface area contributed by atoms with Crippen molar-refractivity contribution < 1.29 is 9.15 Å². The average Bonchev–Trinajstić information content (AvgIpc) is 2.92. The van der Waals surface area contributed by atoms with Crippen LogP contribution in [-0.2, 0) is 11.3 Å². The normalized spacial score (nSPS) is 23.9. The van der Waals surface area contributed by atoms with Crippen LogP contribution in [0.3, 0.4) is 0 Å². The van der Waals surface area contributed by atoms with E-state index in [0.717, 1.165) is 45.2 Å². The Hall–Kier alpha value is -0.840. The molecule has 1 atom stereocenters. The first-order valence-corrected chi connectivity index (χ1v) is 7.25. The van der Waals surface area contributed by atoms with E-state index < -0.39 is 0 Å². The summed E-state index contributed by atoms with van der Waals surface area (Å²) in [6.45, 7) is 7.98. The van der Waals surface area contributed by atoms with Crippen molar-refractivity contribution in [2.75, 3.05) is 39.9 Å². The molecule has 0 spiro atoms. The average molecular weight is 266 g/mol. The van der Waals surface area contributed by atoms with Gasteiger partial charge in [-0.05, 0) is 38.6 Å². The lowest BCUT2D eigenvalue weighted by Crippen LogP contribution is -2.48. The molecular formula is C15H26N2O2. The van der Waals surface area contributed by atoms with Crippen molar-refractivity contribution in [3.63, 3.8) is 0 Å². The van der Waals surface area contributed by atoms with Crippen LogP contribution in [0.25, 0.3) is 0 Å². The highest BCUT2D eigenvalue weighted by Crippen LogP contribution is 2.29. The number of nitrogens with one attached hydrogen (secondary N) is 1. The third-order valence-corrected chi connectivity index (χ3v) is 3.92. The molecule has 108 valence electrons. The Morgan fingerprint density at radius 1 is 1.47 bits per heavy atom. The first-order valence-electron chi connectivity index (χ1n) is 7.25. The number of nitrogens with zero attached hydrogens (tertiary/aromatic N) is 1. The Morgan fingerprint density at radius 2 is 2.37 bits per heavy atom. The first kappa shape index (κ1) is 14.6. The Labute approximate surface area is 116 Å². The molecular weight excluding hydrogens is 240 g/mol. The van der Waals surface area contributed by atoms with Crippen LogP contribution in [0.5, 0.6) is 0 Å². The van der Waals surface area contributed by atoms with Gasteiger partial charge in [0.15, 0.2) is 0 Å². The van der Waals surface area contributed by atoms with Crippen LogP contribution in [-0.4, -0.2) is 44.8 Å². The molecule has 1 saturated heterocycles. The van der Waals surface area contributed by atoms with Crippen molar-refractivity contribution >= 4 is 0 Å². The van der Waals surface area contributed by atoms with Crippen molar-refractivity contribution in [1.82, 2.24) is 10.2 Å². The van der Waals surface area contributed by atoms with Gasteiger partial charge in [-0.25, -0.2) is 0 Å². The second kappa shape index (κ2) is 7.08. The molecule has 0 radical (unpaired) electrons. The minimum absolute atomic E-state index is 0.246. The van der Waals surface area contributed by atoms with Gasteiger partial charge in [0.2, 0.25) is 0 Å². The van der Waals surface area contributed by atoms with Gasteiger partial charge in [-0.15, -0.1) is 0 Å². The molecule has 0 saturated carbocycles. The highest BCUT2D eigenvalue weighted by Gasteiger charge is 2.34. The molecule has 1 aliphatic rings. The van der Waals surface area contributed by atoms with Gasteiger partial charge in [0.05, 0.1) is 19.4 Å². The molecule has 1 aromatic rings. The zero-order valence-electron chi connectivity index (χ0n) is 12.2. The summed E-state index contributed by atoms with van der Waals surface area (Å²) in [4.78, 5) is 2.45. The maximum Gasteiger partial charge on any atom is 0.117 e. The lowest BCUT2D eigenvalue weighted by molar-refractivity contribution is -0.0267. The second-order valence-electron chi connectivity index (χ2n) is 5.57. The molecule has 2 heterocycles. The summed E-state index contributed by atoms with van der Waals surface area (Å²) in [6, 6.07) is 4.00. The van der Waals surface area contributed by atoms with E-state index >= 15 is 0 Å². The molecule has 1 unspecified atom stereocenters. The van der Waals surface area contributed by atoms with Gasteiger partial charge in [-0.2, -0.15) is 0 Å². The molecule has 0 bridgehead atoms. The third-order valence-electron chi connectivity index (χ3n) is 3.92. The smallest absolute Gasteiger partial charge is 0.117 e. The second-order valence-corrected chi connectivity index (χ2v) is 5.57. The summed E-state index contributed by atoms with van der Waals surface area (Å²) in [7, 11) is 2.03. The standard InChI is InChI=1S/C15H26N2O2/c1-3-17(10-14-6-4-9-19-14)12-15(11-16-2)7-5-8-18-13-15/h4,6,9,16H,3,5,7-8,10-13H2,1-2H3. The van der Waals surface area contributed by atoms with Crippen molar-refractivity contribution in [3.05, 3.63) is 24.2 Å². The molecule has 0 aromatic carbocycles. The number of hydrogen-bond donors (Lipinski definition) is 1. The fourth-order valence-corrected chi connectivity index (χ4v) is 2.98. The van der Waals surface area contributed by atoms with Crippen LogP contribution < -0.4 is 5.32 Å². The van der Waals surface area contributed by atoms with Crippen LogP contribution in [0.1, 0.15) is 25.5 Å². The van der Waals surface area contributed by atoms with Gasteiger partial charge >= 0.3 is 0 Å². The van der Waals surface area contributed by atoms with E-state index in [9.17, 15) is 0 Å². The molecule has 2 rings (SSSR count). The molecule has 0 aliphatic carbocycles. The lowest BCUT2D eigenvalue weighted by atomic mass is 9.81. The van der Waals surface area contributed by atoms with Gasteiger partial charge in [0, 0.05) is 25.1 Å². The Morgan fingerprint density at radius 3 is 2.95 bits per heavy atom. The molecule has 4 heteroatoms. The fraction of sp³-hybridized carbons (Fsp3) is 0.733. The summed E-state index contributed by atoms with van der Waals surface area (Å²) in [5.41, 5.74) is 0.246. The van der Waals surface area contributed by atoms with Crippen LogP contribution in [0.4, 0.5) is 0 Å². The Balaban J connectivity index is 1.97. The largest absolute Gasteiger partial charge is 0.468 e. The molecule has 4 nitrogen and oxygen atoms in total. The zero-order chi connectivity index (χ0) is 13.6. The molecule has 1 N–H and O–H groups in total. The van der Waals surface area contributed by atoms with Gasteiger partial charge in [-0.3, -0.25) is 4.90 Å². The SMILES string of the molecule is CCN(Cc1ccco1)CC1(CNC)CCCOC1. The summed E-state index contributed by atoms with van der Waals surface area (Å²) in [5, 5.41) is 3.34.